The van der Waals surface area contributed by atoms with Crippen molar-refractivity contribution in [3.63, 3.8) is 0 Å². The summed E-state index contributed by atoms with van der Waals surface area (Å²) in [5.41, 5.74) is -0.286. The molecule has 1 N–H and O–H groups in total. The number of aromatic nitrogens is 2. The molecule has 0 unspecified atom stereocenters. The van der Waals surface area contributed by atoms with Gasteiger partial charge >= 0.3 is 6.61 Å². The van der Waals surface area contributed by atoms with Crippen LogP contribution < -0.4 is 10.1 Å². The van der Waals surface area contributed by atoms with E-state index in [1.165, 1.54) is 18.2 Å². The summed E-state index contributed by atoms with van der Waals surface area (Å²) in [4.78, 5) is 16.5. The fraction of sp³-hybridized carbons (Fsp3) is 0.353. The first-order chi connectivity index (χ1) is 12.4. The molecule has 0 spiro atoms. The lowest BCUT2D eigenvalue weighted by atomic mass is 9.76. The molecule has 3 rings (SSSR count). The molecule has 0 radical (unpaired) electrons. The quantitative estimate of drug-likeness (QED) is 0.706. The van der Waals surface area contributed by atoms with Crippen LogP contribution in [0.2, 0.25) is 0 Å². The van der Waals surface area contributed by atoms with E-state index in [1.807, 2.05) is 0 Å². The minimum absolute atomic E-state index is 0.0144. The van der Waals surface area contributed by atoms with Crippen molar-refractivity contribution < 1.29 is 22.8 Å². The molecule has 1 aliphatic rings. The predicted molar refractivity (Wildman–Crippen MR) is 92.5 cm³/mol. The Balaban J connectivity index is 1.74. The smallest absolute Gasteiger partial charge is 0.387 e. The Bertz CT molecular complexity index is 834. The van der Waals surface area contributed by atoms with Crippen LogP contribution in [0, 0.1) is 6.92 Å². The summed E-state index contributed by atoms with van der Waals surface area (Å²) in [6, 6.07) is 4.57. The summed E-state index contributed by atoms with van der Waals surface area (Å²) in [6.07, 6.45) is 5.05. The van der Waals surface area contributed by atoms with Crippen LogP contribution in [0.25, 0.3) is 6.08 Å². The molecule has 26 heavy (non-hydrogen) atoms. The second-order valence-corrected chi connectivity index (χ2v) is 6.87. The van der Waals surface area contributed by atoms with Crippen molar-refractivity contribution in [3.05, 3.63) is 46.0 Å². The zero-order valence-corrected chi connectivity index (χ0v) is 15.4. The lowest BCUT2D eigenvalue weighted by molar-refractivity contribution is -0.119. The number of nitrogens with one attached hydrogen (secondary N) is 1. The van der Waals surface area contributed by atoms with Gasteiger partial charge < -0.3 is 14.6 Å². The number of alkyl halides is 2. The van der Waals surface area contributed by atoms with Gasteiger partial charge in [0.2, 0.25) is 11.8 Å². The van der Waals surface area contributed by atoms with Crippen LogP contribution in [0.15, 0.2) is 33.3 Å². The third-order valence-corrected chi connectivity index (χ3v) is 4.62. The van der Waals surface area contributed by atoms with Crippen molar-refractivity contribution >= 4 is 27.9 Å². The van der Waals surface area contributed by atoms with E-state index in [2.05, 4.69) is 36.1 Å². The van der Waals surface area contributed by atoms with Crippen LogP contribution in [-0.4, -0.2) is 22.7 Å². The van der Waals surface area contributed by atoms with Crippen LogP contribution >= 0.6 is 15.9 Å². The Hall–Kier alpha value is -2.29. The van der Waals surface area contributed by atoms with Crippen molar-refractivity contribution in [3.8, 4) is 5.75 Å². The molecule has 1 fully saturated rings. The summed E-state index contributed by atoms with van der Waals surface area (Å²) in [6.45, 7) is -1.26. The van der Waals surface area contributed by atoms with E-state index < -0.39 is 12.2 Å². The van der Waals surface area contributed by atoms with Gasteiger partial charge in [-0.15, -0.1) is 0 Å². The summed E-state index contributed by atoms with van der Waals surface area (Å²) in [5, 5.41) is 6.80. The van der Waals surface area contributed by atoms with Crippen LogP contribution in [0.1, 0.15) is 36.5 Å². The second-order valence-electron chi connectivity index (χ2n) is 5.96. The van der Waals surface area contributed by atoms with E-state index in [0.717, 1.165) is 6.42 Å². The number of aryl methyl sites for hydroxylation is 1. The summed E-state index contributed by atoms with van der Waals surface area (Å²) < 4.78 is 35.2. The van der Waals surface area contributed by atoms with Gasteiger partial charge in [0.15, 0.2) is 5.82 Å². The molecule has 138 valence electrons. The molecular weight excluding hydrogens is 412 g/mol. The van der Waals surface area contributed by atoms with Gasteiger partial charge in [-0.05, 0) is 43.5 Å². The molecule has 1 amide bonds. The Morgan fingerprint density at radius 3 is 2.81 bits per heavy atom. The molecule has 1 aliphatic carbocycles. The molecule has 0 aliphatic heterocycles. The van der Waals surface area contributed by atoms with Crippen molar-refractivity contribution in [2.24, 2.45) is 0 Å². The maximum Gasteiger partial charge on any atom is 0.387 e. The highest BCUT2D eigenvalue weighted by Gasteiger charge is 2.43. The predicted octanol–water partition coefficient (Wildman–Crippen LogP) is 3.95. The number of carbonyl (C=O) groups excluding carboxylic acids is 1. The monoisotopic (exact) mass is 427 g/mol. The standard InChI is InChI=1S/C17H16BrF2N3O3/c1-10-21-15(23-26-10)17(7-2-8-17)22-14(24)6-3-11-9-12(18)4-5-13(11)25-16(19)20/h3-6,9,16H,2,7-8H2,1H3,(H,22,24)/b6-3+. The van der Waals surface area contributed by atoms with Crippen LogP contribution in [0.5, 0.6) is 5.75 Å². The van der Waals surface area contributed by atoms with Crippen molar-refractivity contribution in [2.75, 3.05) is 0 Å². The molecule has 0 bridgehead atoms. The average Bonchev–Trinajstić information content (AvgIpc) is 2.97. The highest BCUT2D eigenvalue weighted by molar-refractivity contribution is 9.10. The third kappa shape index (κ3) is 4.09. The van der Waals surface area contributed by atoms with E-state index in [-0.39, 0.29) is 11.7 Å². The highest BCUT2D eigenvalue weighted by atomic mass is 79.9. The number of rotatable bonds is 6. The number of hydrogen-bond acceptors (Lipinski definition) is 5. The molecule has 1 heterocycles. The van der Waals surface area contributed by atoms with E-state index in [9.17, 15) is 13.6 Å². The van der Waals surface area contributed by atoms with Gasteiger partial charge in [-0.2, -0.15) is 13.8 Å². The van der Waals surface area contributed by atoms with Gasteiger partial charge in [0.25, 0.3) is 0 Å². The van der Waals surface area contributed by atoms with Crippen LogP contribution in [-0.2, 0) is 10.3 Å². The zero-order chi connectivity index (χ0) is 18.7. The zero-order valence-electron chi connectivity index (χ0n) is 13.8. The van der Waals surface area contributed by atoms with Gasteiger partial charge in [-0.1, -0.05) is 21.1 Å². The second kappa shape index (κ2) is 7.53. The normalized spacial score (nSPS) is 15.9. The molecule has 9 heteroatoms. The Morgan fingerprint density at radius 1 is 1.46 bits per heavy atom. The Kier molecular flexibility index (Phi) is 5.36. The number of halogens is 3. The maximum absolute atomic E-state index is 12.5. The topological polar surface area (TPSA) is 77.2 Å². The molecule has 6 nitrogen and oxygen atoms in total. The van der Waals surface area contributed by atoms with Crippen molar-refractivity contribution in [1.29, 1.82) is 0 Å². The Morgan fingerprint density at radius 2 is 2.23 bits per heavy atom. The van der Waals surface area contributed by atoms with Gasteiger partial charge in [0, 0.05) is 23.0 Å². The minimum Gasteiger partial charge on any atom is -0.434 e. The SMILES string of the molecule is Cc1nc(C2(NC(=O)/C=C/c3cc(Br)ccc3OC(F)F)CCC2)no1. The first-order valence-corrected chi connectivity index (χ1v) is 8.73. The number of nitrogens with zero attached hydrogens (tertiary/aromatic N) is 2. The summed E-state index contributed by atoms with van der Waals surface area (Å²) in [7, 11) is 0. The summed E-state index contributed by atoms with van der Waals surface area (Å²) in [5.74, 6) is 0.487. The van der Waals surface area contributed by atoms with Crippen LogP contribution in [0.3, 0.4) is 0 Å². The molecule has 0 saturated heterocycles. The highest BCUT2D eigenvalue weighted by Crippen LogP contribution is 2.39. The van der Waals surface area contributed by atoms with Gasteiger partial charge in [0.1, 0.15) is 11.3 Å². The van der Waals surface area contributed by atoms with Gasteiger partial charge in [-0.3, -0.25) is 4.79 Å². The number of benzene rings is 1. The van der Waals surface area contributed by atoms with Crippen LogP contribution in [0.4, 0.5) is 8.78 Å². The molecule has 0 atom stereocenters. The molecule has 1 aromatic carbocycles. The third-order valence-electron chi connectivity index (χ3n) is 4.13. The number of ether oxygens (including phenoxy) is 1. The number of hydrogen-bond donors (Lipinski definition) is 1. The van der Waals surface area contributed by atoms with E-state index in [1.54, 1.807) is 19.1 Å². The fourth-order valence-electron chi connectivity index (χ4n) is 2.72. The van der Waals surface area contributed by atoms with E-state index >= 15 is 0 Å². The lowest BCUT2D eigenvalue weighted by Gasteiger charge is -2.39. The van der Waals surface area contributed by atoms with E-state index in [4.69, 9.17) is 4.52 Å². The first-order valence-electron chi connectivity index (χ1n) is 7.93. The van der Waals surface area contributed by atoms with Gasteiger partial charge in [0.05, 0.1) is 0 Å². The maximum atomic E-state index is 12.5. The molecule has 1 aromatic heterocycles. The first kappa shape index (κ1) is 18.5. The average molecular weight is 428 g/mol. The lowest BCUT2D eigenvalue weighted by Crippen LogP contribution is -2.51. The Labute approximate surface area is 156 Å². The summed E-state index contributed by atoms with van der Waals surface area (Å²) >= 11 is 3.27. The van der Waals surface area contributed by atoms with Crippen molar-refractivity contribution in [2.45, 2.75) is 38.3 Å². The number of carbonyl (C=O) groups is 1. The largest absolute Gasteiger partial charge is 0.434 e. The molecular formula is C17H16BrF2N3O3. The molecule has 2 aromatic rings. The van der Waals surface area contributed by atoms with Gasteiger partial charge in [-0.25, -0.2) is 0 Å². The fourth-order valence-corrected chi connectivity index (χ4v) is 3.10. The van der Waals surface area contributed by atoms with E-state index in [0.29, 0.717) is 34.6 Å². The minimum atomic E-state index is -2.95. The van der Waals surface area contributed by atoms with Crippen molar-refractivity contribution in [1.82, 2.24) is 15.5 Å². The molecule has 1 saturated carbocycles. The number of amides is 1.